The molecular weight excluding hydrogens is 376 g/mol. The van der Waals surface area contributed by atoms with Crippen LogP contribution in [0.25, 0.3) is 11.0 Å². The van der Waals surface area contributed by atoms with Crippen molar-refractivity contribution in [1.82, 2.24) is 0 Å². The molecule has 2 N–H and O–H groups in total. The molecule has 0 spiro atoms. The lowest BCUT2D eigenvalue weighted by molar-refractivity contribution is -0.119. The number of amides is 2. The fourth-order valence-electron chi connectivity index (χ4n) is 2.79. The quantitative estimate of drug-likeness (QED) is 0.618. The predicted molar refractivity (Wildman–Crippen MR) is 107 cm³/mol. The molecule has 0 bridgehead atoms. The van der Waals surface area contributed by atoms with Crippen LogP contribution in [0.15, 0.2) is 46.9 Å². The summed E-state index contributed by atoms with van der Waals surface area (Å²) in [6.07, 6.45) is 0. The van der Waals surface area contributed by atoms with Gasteiger partial charge in [0.25, 0.3) is 5.91 Å². The Bertz CT molecular complexity index is 1090. The van der Waals surface area contributed by atoms with Gasteiger partial charge in [-0.25, -0.2) is 4.79 Å². The molecule has 0 aliphatic rings. The maximum atomic E-state index is 12.3. The first-order valence-corrected chi connectivity index (χ1v) is 8.79. The normalized spacial score (nSPS) is 10.4. The Morgan fingerprint density at radius 3 is 2.45 bits per heavy atom. The number of methoxy groups -OCH3 is 1. The van der Waals surface area contributed by atoms with E-state index in [1.165, 1.54) is 6.92 Å². The predicted octanol–water partition coefficient (Wildman–Crippen LogP) is 3.50. The summed E-state index contributed by atoms with van der Waals surface area (Å²) in [7, 11) is 1.55. The van der Waals surface area contributed by atoms with Crippen molar-refractivity contribution in [3.05, 3.63) is 53.8 Å². The molecule has 8 nitrogen and oxygen atoms in total. The van der Waals surface area contributed by atoms with Crippen LogP contribution in [0.4, 0.5) is 11.4 Å². The van der Waals surface area contributed by atoms with E-state index in [4.69, 9.17) is 13.9 Å². The minimum absolute atomic E-state index is 0.0358. The van der Waals surface area contributed by atoms with E-state index >= 15 is 0 Å². The third-order valence-corrected chi connectivity index (χ3v) is 4.13. The van der Waals surface area contributed by atoms with Crippen LogP contribution in [0, 0.1) is 6.92 Å². The van der Waals surface area contributed by atoms with Gasteiger partial charge in [0.15, 0.2) is 6.61 Å². The zero-order valence-electron chi connectivity index (χ0n) is 16.2. The van der Waals surface area contributed by atoms with Crippen LogP contribution in [0.2, 0.25) is 0 Å². The lowest BCUT2D eigenvalue weighted by Crippen LogP contribution is -2.21. The Morgan fingerprint density at radius 1 is 1.03 bits per heavy atom. The molecule has 2 amide bonds. The van der Waals surface area contributed by atoms with Crippen LogP contribution in [0.1, 0.15) is 23.0 Å². The minimum Gasteiger partial charge on any atom is -0.497 e. The van der Waals surface area contributed by atoms with Gasteiger partial charge in [0, 0.05) is 29.2 Å². The summed E-state index contributed by atoms with van der Waals surface area (Å²) in [4.78, 5) is 35.6. The van der Waals surface area contributed by atoms with Gasteiger partial charge in [0.05, 0.1) is 7.11 Å². The molecule has 3 rings (SSSR count). The highest BCUT2D eigenvalue weighted by Crippen LogP contribution is 2.29. The van der Waals surface area contributed by atoms with E-state index < -0.39 is 18.5 Å². The number of benzene rings is 2. The number of carbonyl (C=O) groups excluding carboxylic acids is 3. The molecule has 0 fully saturated rings. The second kappa shape index (κ2) is 8.47. The number of hydrogen-bond donors (Lipinski definition) is 2. The van der Waals surface area contributed by atoms with Crippen molar-refractivity contribution in [1.29, 1.82) is 0 Å². The molecule has 0 unspecified atom stereocenters. The summed E-state index contributed by atoms with van der Waals surface area (Å²) in [5.74, 6) is -0.800. The van der Waals surface area contributed by atoms with Crippen LogP contribution in [0.5, 0.6) is 5.75 Å². The lowest BCUT2D eigenvalue weighted by atomic mass is 10.1. The van der Waals surface area contributed by atoms with E-state index in [1.54, 1.807) is 56.5 Å². The van der Waals surface area contributed by atoms with Crippen molar-refractivity contribution in [2.24, 2.45) is 0 Å². The third kappa shape index (κ3) is 4.73. The number of furan rings is 1. The number of nitrogens with one attached hydrogen (secondary N) is 2. The van der Waals surface area contributed by atoms with Crippen LogP contribution in [-0.4, -0.2) is 31.5 Å². The summed E-state index contributed by atoms with van der Waals surface area (Å²) < 4.78 is 15.8. The number of aryl methyl sites for hydroxylation is 1. The molecule has 1 heterocycles. The number of esters is 1. The highest BCUT2D eigenvalue weighted by Gasteiger charge is 2.20. The Kier molecular flexibility index (Phi) is 5.82. The maximum absolute atomic E-state index is 12.3. The molecule has 0 saturated heterocycles. The van der Waals surface area contributed by atoms with E-state index in [0.717, 1.165) is 5.39 Å². The highest BCUT2D eigenvalue weighted by atomic mass is 16.5. The van der Waals surface area contributed by atoms with Crippen molar-refractivity contribution < 1.29 is 28.3 Å². The van der Waals surface area contributed by atoms with Crippen molar-refractivity contribution in [3.8, 4) is 5.75 Å². The first-order chi connectivity index (χ1) is 13.9. The summed E-state index contributed by atoms with van der Waals surface area (Å²) >= 11 is 0. The first kappa shape index (κ1) is 19.9. The Labute approximate surface area is 166 Å². The van der Waals surface area contributed by atoms with E-state index in [1.807, 2.05) is 0 Å². The fraction of sp³-hybridized carbons (Fsp3) is 0.190. The first-order valence-electron chi connectivity index (χ1n) is 8.79. The topological polar surface area (TPSA) is 107 Å². The van der Waals surface area contributed by atoms with Crippen LogP contribution in [0.3, 0.4) is 0 Å². The molecule has 3 aromatic rings. The zero-order valence-corrected chi connectivity index (χ0v) is 16.2. The molecule has 29 heavy (non-hydrogen) atoms. The second-order valence-corrected chi connectivity index (χ2v) is 6.30. The molecule has 2 aromatic carbocycles. The molecule has 1 aromatic heterocycles. The van der Waals surface area contributed by atoms with E-state index in [9.17, 15) is 14.4 Å². The second-order valence-electron chi connectivity index (χ2n) is 6.30. The van der Waals surface area contributed by atoms with Crippen LogP contribution in [-0.2, 0) is 14.3 Å². The number of carbonyl (C=O) groups is 3. The minimum atomic E-state index is -0.736. The van der Waals surface area contributed by atoms with Gasteiger partial charge in [0.2, 0.25) is 11.7 Å². The number of ether oxygens (including phenoxy) is 2. The van der Waals surface area contributed by atoms with Crippen molar-refractivity contribution in [3.63, 3.8) is 0 Å². The molecule has 0 radical (unpaired) electrons. The highest BCUT2D eigenvalue weighted by molar-refractivity contribution is 5.99. The summed E-state index contributed by atoms with van der Waals surface area (Å²) in [5.41, 5.74) is 2.13. The molecule has 0 saturated carbocycles. The van der Waals surface area contributed by atoms with Gasteiger partial charge in [-0.05, 0) is 43.3 Å². The zero-order chi connectivity index (χ0) is 21.0. The number of fused-ring (bicyclic) bond motifs is 1. The summed E-state index contributed by atoms with van der Waals surface area (Å²) in [6.45, 7) is 2.64. The largest absolute Gasteiger partial charge is 0.497 e. The van der Waals surface area contributed by atoms with Crippen molar-refractivity contribution >= 4 is 40.1 Å². The van der Waals surface area contributed by atoms with Crippen molar-refractivity contribution in [2.75, 3.05) is 24.4 Å². The molecule has 8 heteroatoms. The molecule has 0 aliphatic heterocycles. The standard InChI is InChI=1S/C21H20N2O6/c1-12-17-10-16(27-3)7-8-18(17)29-20(12)21(26)28-11-19(25)23-15-6-4-5-14(9-15)22-13(2)24/h4-10H,11H2,1-3H3,(H,22,24)(H,23,25). The third-order valence-electron chi connectivity index (χ3n) is 4.13. The number of hydrogen-bond acceptors (Lipinski definition) is 6. The average molecular weight is 396 g/mol. The monoisotopic (exact) mass is 396 g/mol. The molecule has 150 valence electrons. The van der Waals surface area contributed by atoms with Gasteiger partial charge < -0.3 is 24.5 Å². The smallest absolute Gasteiger partial charge is 0.375 e. The lowest BCUT2D eigenvalue weighted by Gasteiger charge is -2.08. The summed E-state index contributed by atoms with van der Waals surface area (Å²) in [5, 5.41) is 5.96. The van der Waals surface area contributed by atoms with Gasteiger partial charge in [-0.3, -0.25) is 9.59 Å². The van der Waals surface area contributed by atoms with E-state index in [0.29, 0.717) is 28.3 Å². The number of anilines is 2. The van der Waals surface area contributed by atoms with Gasteiger partial charge in [-0.2, -0.15) is 0 Å². The molecule has 0 aliphatic carbocycles. The van der Waals surface area contributed by atoms with Gasteiger partial charge >= 0.3 is 5.97 Å². The SMILES string of the molecule is COc1ccc2oc(C(=O)OCC(=O)Nc3cccc(NC(C)=O)c3)c(C)c2c1. The molecule has 0 atom stereocenters. The summed E-state index contributed by atoms with van der Waals surface area (Å²) in [6, 6.07) is 11.8. The Hall–Kier alpha value is -3.81. The van der Waals surface area contributed by atoms with Crippen molar-refractivity contribution in [2.45, 2.75) is 13.8 Å². The molecular formula is C21H20N2O6. The number of rotatable bonds is 6. The fourth-order valence-corrected chi connectivity index (χ4v) is 2.79. The Morgan fingerprint density at radius 2 is 1.76 bits per heavy atom. The van der Waals surface area contributed by atoms with E-state index in [-0.39, 0.29) is 11.7 Å². The van der Waals surface area contributed by atoms with Gasteiger partial charge in [0.1, 0.15) is 11.3 Å². The van der Waals surface area contributed by atoms with E-state index in [2.05, 4.69) is 10.6 Å². The Balaban J connectivity index is 1.63. The van der Waals surface area contributed by atoms with Gasteiger partial charge in [-0.15, -0.1) is 0 Å². The van der Waals surface area contributed by atoms with Crippen LogP contribution < -0.4 is 15.4 Å². The average Bonchev–Trinajstić information content (AvgIpc) is 3.02. The van der Waals surface area contributed by atoms with Gasteiger partial charge in [-0.1, -0.05) is 6.07 Å². The van der Waals surface area contributed by atoms with Crippen LogP contribution >= 0.6 is 0 Å². The maximum Gasteiger partial charge on any atom is 0.375 e.